The fourth-order valence-corrected chi connectivity index (χ4v) is 1.85. The normalized spacial score (nSPS) is 11.3. The van der Waals surface area contributed by atoms with Crippen LogP contribution in [0.3, 0.4) is 0 Å². The average molecular weight is 300 g/mol. The number of hydrogen-bond acceptors (Lipinski definition) is 3. The van der Waals surface area contributed by atoms with Gasteiger partial charge in [-0.3, -0.25) is 10.1 Å². The largest absolute Gasteiger partial charge is 0.496 e. The first-order valence-corrected chi connectivity index (χ1v) is 4.66. The molecule has 4 nitrogen and oxygen atoms in total. The van der Waals surface area contributed by atoms with Crippen LogP contribution in [0.15, 0.2) is 16.6 Å². The van der Waals surface area contributed by atoms with Crippen molar-refractivity contribution in [3.63, 3.8) is 0 Å². The first-order chi connectivity index (χ1) is 7.29. The lowest BCUT2D eigenvalue weighted by Gasteiger charge is -2.12. The summed E-state index contributed by atoms with van der Waals surface area (Å²) in [5.74, 6) is -0.113. The SMILES string of the molecule is COc1ccc([N+](=O)[O-])c(C(F)(F)F)c1Br. The highest BCUT2D eigenvalue weighted by atomic mass is 79.9. The van der Waals surface area contributed by atoms with Crippen LogP contribution in [0.4, 0.5) is 18.9 Å². The van der Waals surface area contributed by atoms with Gasteiger partial charge in [0.25, 0.3) is 5.69 Å². The minimum absolute atomic E-state index is 0.113. The average Bonchev–Trinajstić information content (AvgIpc) is 2.14. The van der Waals surface area contributed by atoms with Gasteiger partial charge in [0, 0.05) is 6.07 Å². The second kappa shape index (κ2) is 4.28. The summed E-state index contributed by atoms with van der Waals surface area (Å²) in [6.45, 7) is 0. The summed E-state index contributed by atoms with van der Waals surface area (Å²) in [7, 11) is 1.17. The minimum Gasteiger partial charge on any atom is -0.496 e. The Morgan fingerprint density at radius 3 is 2.38 bits per heavy atom. The van der Waals surface area contributed by atoms with Crippen molar-refractivity contribution in [3.8, 4) is 5.75 Å². The van der Waals surface area contributed by atoms with Crippen molar-refractivity contribution in [2.75, 3.05) is 7.11 Å². The Bertz CT molecular complexity index is 433. The lowest BCUT2D eigenvalue weighted by atomic mass is 10.1. The lowest BCUT2D eigenvalue weighted by Crippen LogP contribution is -2.10. The van der Waals surface area contributed by atoms with Crippen molar-refractivity contribution in [1.29, 1.82) is 0 Å². The molecular formula is C8H5BrF3NO3. The fourth-order valence-electron chi connectivity index (χ4n) is 1.13. The Balaban J connectivity index is 3.56. The van der Waals surface area contributed by atoms with Crippen LogP contribution in [-0.2, 0) is 6.18 Å². The van der Waals surface area contributed by atoms with Crippen LogP contribution >= 0.6 is 15.9 Å². The number of rotatable bonds is 2. The van der Waals surface area contributed by atoms with Gasteiger partial charge in [-0.2, -0.15) is 13.2 Å². The van der Waals surface area contributed by atoms with E-state index in [-0.39, 0.29) is 5.75 Å². The molecule has 0 fully saturated rings. The van der Waals surface area contributed by atoms with Crippen LogP contribution in [0.2, 0.25) is 0 Å². The lowest BCUT2D eigenvalue weighted by molar-refractivity contribution is -0.388. The molecule has 0 saturated carbocycles. The van der Waals surface area contributed by atoms with Gasteiger partial charge in [0.05, 0.1) is 16.5 Å². The fraction of sp³-hybridized carbons (Fsp3) is 0.250. The van der Waals surface area contributed by atoms with Crippen molar-refractivity contribution < 1.29 is 22.8 Å². The third-order valence-corrected chi connectivity index (χ3v) is 2.57. The molecule has 0 N–H and O–H groups in total. The highest BCUT2D eigenvalue weighted by molar-refractivity contribution is 9.10. The number of benzene rings is 1. The van der Waals surface area contributed by atoms with Crippen LogP contribution in [-0.4, -0.2) is 12.0 Å². The molecule has 0 radical (unpaired) electrons. The third kappa shape index (κ3) is 2.26. The molecule has 0 bridgehead atoms. The van der Waals surface area contributed by atoms with E-state index in [1.54, 1.807) is 0 Å². The summed E-state index contributed by atoms with van der Waals surface area (Å²) in [6.07, 6.45) is -4.82. The smallest absolute Gasteiger partial charge is 0.424 e. The Kier molecular flexibility index (Phi) is 3.41. The summed E-state index contributed by atoms with van der Waals surface area (Å²) in [6, 6.07) is 1.85. The number of ether oxygens (including phenoxy) is 1. The van der Waals surface area contributed by atoms with E-state index >= 15 is 0 Å². The number of alkyl halides is 3. The van der Waals surface area contributed by atoms with Gasteiger partial charge in [0.1, 0.15) is 5.75 Å². The highest BCUT2D eigenvalue weighted by Crippen LogP contribution is 2.44. The Morgan fingerprint density at radius 2 is 2.00 bits per heavy atom. The summed E-state index contributed by atoms with van der Waals surface area (Å²) in [5, 5.41) is 10.5. The molecule has 0 aliphatic heterocycles. The van der Waals surface area contributed by atoms with Gasteiger partial charge in [-0.25, -0.2) is 0 Å². The molecule has 16 heavy (non-hydrogen) atoms. The van der Waals surface area contributed by atoms with Crippen LogP contribution in [0.25, 0.3) is 0 Å². The predicted octanol–water partition coefficient (Wildman–Crippen LogP) is 3.38. The molecule has 0 heterocycles. The van der Waals surface area contributed by atoms with Crippen LogP contribution < -0.4 is 4.74 Å². The van der Waals surface area contributed by atoms with Crippen LogP contribution in [0.1, 0.15) is 5.56 Å². The number of nitro benzene ring substituents is 1. The molecule has 0 aromatic heterocycles. The topological polar surface area (TPSA) is 52.4 Å². The second-order valence-electron chi connectivity index (χ2n) is 2.73. The molecular weight excluding hydrogens is 295 g/mol. The zero-order chi connectivity index (χ0) is 12.5. The molecule has 0 aliphatic carbocycles. The van der Waals surface area contributed by atoms with E-state index in [2.05, 4.69) is 20.7 Å². The van der Waals surface area contributed by atoms with E-state index in [1.165, 1.54) is 7.11 Å². The molecule has 0 unspecified atom stereocenters. The van der Waals surface area contributed by atoms with Gasteiger partial charge in [-0.1, -0.05) is 0 Å². The Labute approximate surface area is 96.3 Å². The molecule has 0 spiro atoms. The van der Waals surface area contributed by atoms with Crippen LogP contribution in [0.5, 0.6) is 5.75 Å². The van der Waals surface area contributed by atoms with Crippen molar-refractivity contribution in [2.45, 2.75) is 6.18 Å². The number of methoxy groups -OCH3 is 1. The van der Waals surface area contributed by atoms with E-state index in [1.807, 2.05) is 0 Å². The third-order valence-electron chi connectivity index (χ3n) is 1.78. The van der Waals surface area contributed by atoms with Crippen molar-refractivity contribution >= 4 is 21.6 Å². The number of nitro groups is 1. The monoisotopic (exact) mass is 299 g/mol. The number of nitrogens with zero attached hydrogens (tertiary/aromatic N) is 1. The molecule has 88 valence electrons. The Hall–Kier alpha value is -1.31. The van der Waals surface area contributed by atoms with Gasteiger partial charge in [0.2, 0.25) is 0 Å². The minimum atomic E-state index is -4.82. The molecule has 0 amide bonds. The number of halogens is 4. The summed E-state index contributed by atoms with van der Waals surface area (Å²) in [4.78, 5) is 9.37. The highest BCUT2D eigenvalue weighted by Gasteiger charge is 2.41. The summed E-state index contributed by atoms with van der Waals surface area (Å²) >= 11 is 2.65. The van der Waals surface area contributed by atoms with E-state index in [0.717, 1.165) is 12.1 Å². The first kappa shape index (κ1) is 12.8. The molecule has 0 aliphatic rings. The Morgan fingerprint density at radius 1 is 1.44 bits per heavy atom. The van der Waals surface area contributed by atoms with E-state index < -0.39 is 26.8 Å². The van der Waals surface area contributed by atoms with E-state index in [4.69, 9.17) is 0 Å². The van der Waals surface area contributed by atoms with E-state index in [0.29, 0.717) is 0 Å². The molecule has 8 heteroatoms. The maximum Gasteiger partial charge on any atom is 0.424 e. The van der Waals surface area contributed by atoms with Crippen LogP contribution in [0, 0.1) is 10.1 Å². The summed E-state index contributed by atoms with van der Waals surface area (Å²) < 4.78 is 42.0. The van der Waals surface area contributed by atoms with Crippen molar-refractivity contribution in [2.24, 2.45) is 0 Å². The summed E-state index contributed by atoms with van der Waals surface area (Å²) in [5.41, 5.74) is -2.36. The zero-order valence-corrected chi connectivity index (χ0v) is 9.42. The second-order valence-corrected chi connectivity index (χ2v) is 3.52. The number of hydrogen-bond donors (Lipinski definition) is 0. The maximum absolute atomic E-state index is 12.6. The van der Waals surface area contributed by atoms with Gasteiger partial charge >= 0.3 is 6.18 Å². The first-order valence-electron chi connectivity index (χ1n) is 3.87. The van der Waals surface area contributed by atoms with Gasteiger partial charge < -0.3 is 4.74 Å². The van der Waals surface area contributed by atoms with Crippen molar-refractivity contribution in [1.82, 2.24) is 0 Å². The quantitative estimate of drug-likeness (QED) is 0.621. The molecule has 1 rings (SSSR count). The predicted molar refractivity (Wildman–Crippen MR) is 52.4 cm³/mol. The van der Waals surface area contributed by atoms with Gasteiger partial charge in [-0.05, 0) is 22.0 Å². The molecule has 1 aromatic carbocycles. The molecule has 0 saturated heterocycles. The molecule has 0 atom stereocenters. The van der Waals surface area contributed by atoms with Gasteiger partial charge in [0.15, 0.2) is 5.56 Å². The van der Waals surface area contributed by atoms with E-state index in [9.17, 15) is 23.3 Å². The van der Waals surface area contributed by atoms with Crippen molar-refractivity contribution in [3.05, 3.63) is 32.3 Å². The van der Waals surface area contributed by atoms with Gasteiger partial charge in [-0.15, -0.1) is 0 Å². The standard InChI is InChI=1S/C8H5BrF3NO3/c1-16-5-3-2-4(13(14)15)6(7(5)9)8(10,11)12/h2-3H,1H3. The molecule has 1 aromatic rings. The zero-order valence-electron chi connectivity index (χ0n) is 7.84. The maximum atomic E-state index is 12.6.